The largest absolute Gasteiger partial charge is 0.479 e. The molecule has 0 heterocycles. The smallest absolute Gasteiger partial charge is 0.408 e. The van der Waals surface area contributed by atoms with Crippen LogP contribution in [0.1, 0.15) is 48.0 Å². The van der Waals surface area contributed by atoms with Gasteiger partial charge < -0.3 is 19.9 Å². The van der Waals surface area contributed by atoms with E-state index in [-0.39, 0.29) is 5.92 Å². The van der Waals surface area contributed by atoms with Crippen molar-refractivity contribution in [2.75, 3.05) is 0 Å². The number of hydrogen-bond acceptors (Lipinski definition) is 5. The topological polar surface area (TPSA) is 102 Å². The standard InChI is InChI=1S/C14H25NO6/c1-8(2)7-10(12(18)20-9(3)11(16)17)15-13(19)21-14(4,5)6/h8-10H,7H2,1-6H3,(H,15,19)(H,16,17)/t9-,10-/m0/s1. The second kappa shape index (κ2) is 7.85. The number of amides is 1. The van der Waals surface area contributed by atoms with E-state index in [1.54, 1.807) is 20.8 Å². The fourth-order valence-corrected chi connectivity index (χ4v) is 1.44. The first kappa shape index (κ1) is 19.2. The molecule has 0 saturated heterocycles. The summed E-state index contributed by atoms with van der Waals surface area (Å²) in [5, 5.41) is 11.2. The Labute approximate surface area is 125 Å². The molecule has 0 aromatic rings. The molecule has 21 heavy (non-hydrogen) atoms. The number of alkyl carbamates (subject to hydrolysis) is 1. The van der Waals surface area contributed by atoms with Gasteiger partial charge in [-0.05, 0) is 40.0 Å². The molecule has 0 rings (SSSR count). The van der Waals surface area contributed by atoms with E-state index in [1.165, 1.54) is 6.92 Å². The minimum absolute atomic E-state index is 0.109. The highest BCUT2D eigenvalue weighted by Crippen LogP contribution is 2.11. The van der Waals surface area contributed by atoms with Crippen molar-refractivity contribution in [2.24, 2.45) is 5.92 Å². The van der Waals surface area contributed by atoms with E-state index in [0.29, 0.717) is 6.42 Å². The third kappa shape index (κ3) is 8.88. The third-order valence-corrected chi connectivity index (χ3v) is 2.32. The van der Waals surface area contributed by atoms with Crippen LogP contribution in [0.3, 0.4) is 0 Å². The highest BCUT2D eigenvalue weighted by Gasteiger charge is 2.28. The summed E-state index contributed by atoms with van der Waals surface area (Å²) >= 11 is 0. The zero-order valence-corrected chi connectivity index (χ0v) is 13.4. The fraction of sp³-hybridized carbons (Fsp3) is 0.786. The SMILES string of the molecule is CC(C)C[C@H](NC(=O)OC(C)(C)C)C(=O)O[C@@H](C)C(=O)O. The van der Waals surface area contributed by atoms with Gasteiger partial charge in [-0.15, -0.1) is 0 Å². The summed E-state index contributed by atoms with van der Waals surface area (Å²) < 4.78 is 9.88. The molecule has 7 nitrogen and oxygen atoms in total. The van der Waals surface area contributed by atoms with Crippen molar-refractivity contribution in [1.29, 1.82) is 0 Å². The van der Waals surface area contributed by atoms with Crippen LogP contribution in [0.15, 0.2) is 0 Å². The van der Waals surface area contributed by atoms with Crippen LogP contribution in [0.25, 0.3) is 0 Å². The monoisotopic (exact) mass is 303 g/mol. The van der Waals surface area contributed by atoms with Crippen molar-refractivity contribution in [3.05, 3.63) is 0 Å². The van der Waals surface area contributed by atoms with Crippen LogP contribution in [-0.4, -0.2) is 40.9 Å². The molecule has 0 radical (unpaired) electrons. The van der Waals surface area contributed by atoms with Crippen LogP contribution < -0.4 is 5.32 Å². The van der Waals surface area contributed by atoms with Crippen molar-refractivity contribution in [2.45, 2.75) is 65.7 Å². The number of hydrogen-bond donors (Lipinski definition) is 2. The Morgan fingerprint density at radius 2 is 1.67 bits per heavy atom. The van der Waals surface area contributed by atoms with Gasteiger partial charge in [0.2, 0.25) is 0 Å². The average molecular weight is 303 g/mol. The van der Waals surface area contributed by atoms with E-state index in [0.717, 1.165) is 0 Å². The summed E-state index contributed by atoms with van der Waals surface area (Å²) in [5.74, 6) is -1.93. The molecule has 0 aliphatic carbocycles. The predicted molar refractivity (Wildman–Crippen MR) is 75.8 cm³/mol. The maximum absolute atomic E-state index is 11.9. The molecule has 0 aromatic heterocycles. The Morgan fingerprint density at radius 3 is 2.05 bits per heavy atom. The lowest BCUT2D eigenvalue weighted by atomic mass is 10.0. The van der Waals surface area contributed by atoms with Gasteiger partial charge in [-0.3, -0.25) is 0 Å². The van der Waals surface area contributed by atoms with E-state index >= 15 is 0 Å². The Bertz CT molecular complexity index is 385. The molecule has 2 atom stereocenters. The molecular weight excluding hydrogens is 278 g/mol. The normalized spacial score (nSPS) is 14.2. The van der Waals surface area contributed by atoms with Crippen molar-refractivity contribution in [3.63, 3.8) is 0 Å². The maximum Gasteiger partial charge on any atom is 0.408 e. The molecule has 0 bridgehead atoms. The number of carbonyl (C=O) groups excluding carboxylic acids is 2. The van der Waals surface area contributed by atoms with Crippen LogP contribution in [0.4, 0.5) is 4.79 Å². The molecule has 0 aliphatic rings. The lowest BCUT2D eigenvalue weighted by molar-refractivity contribution is -0.164. The Hall–Kier alpha value is -1.79. The van der Waals surface area contributed by atoms with Crippen LogP contribution in [0.2, 0.25) is 0 Å². The van der Waals surface area contributed by atoms with Crippen LogP contribution >= 0.6 is 0 Å². The second-order valence-electron chi connectivity index (χ2n) is 6.25. The van der Waals surface area contributed by atoms with Gasteiger partial charge in [-0.25, -0.2) is 14.4 Å². The lowest BCUT2D eigenvalue weighted by Gasteiger charge is -2.24. The van der Waals surface area contributed by atoms with Crippen molar-refractivity contribution >= 4 is 18.0 Å². The van der Waals surface area contributed by atoms with Crippen molar-refractivity contribution in [3.8, 4) is 0 Å². The molecule has 0 spiro atoms. The van der Waals surface area contributed by atoms with Gasteiger partial charge in [0.1, 0.15) is 11.6 Å². The third-order valence-electron chi connectivity index (χ3n) is 2.32. The number of aliphatic carboxylic acids is 1. The quantitative estimate of drug-likeness (QED) is 0.727. The maximum atomic E-state index is 11.9. The zero-order chi connectivity index (χ0) is 16.8. The number of carboxylic acids is 1. The molecule has 7 heteroatoms. The summed E-state index contributed by atoms with van der Waals surface area (Å²) in [6.07, 6.45) is -1.69. The number of carbonyl (C=O) groups is 3. The van der Waals surface area contributed by atoms with Gasteiger partial charge in [-0.2, -0.15) is 0 Å². The molecule has 1 amide bonds. The van der Waals surface area contributed by atoms with Crippen molar-refractivity contribution in [1.82, 2.24) is 5.32 Å². The van der Waals surface area contributed by atoms with Crippen LogP contribution in [-0.2, 0) is 19.1 Å². The van der Waals surface area contributed by atoms with E-state index in [9.17, 15) is 14.4 Å². The Balaban J connectivity index is 4.75. The average Bonchev–Trinajstić information content (AvgIpc) is 2.24. The molecule has 0 saturated carbocycles. The van der Waals surface area contributed by atoms with Crippen LogP contribution in [0, 0.1) is 5.92 Å². The lowest BCUT2D eigenvalue weighted by Crippen LogP contribution is -2.46. The van der Waals surface area contributed by atoms with Gasteiger partial charge in [-0.1, -0.05) is 13.8 Å². The predicted octanol–water partition coefficient (Wildman–Crippen LogP) is 1.94. The van der Waals surface area contributed by atoms with Crippen LogP contribution in [0.5, 0.6) is 0 Å². The summed E-state index contributed by atoms with van der Waals surface area (Å²) in [4.78, 5) is 34.4. The summed E-state index contributed by atoms with van der Waals surface area (Å²) in [6.45, 7) is 10.1. The van der Waals surface area contributed by atoms with Gasteiger partial charge in [0.25, 0.3) is 0 Å². The minimum Gasteiger partial charge on any atom is -0.479 e. The summed E-state index contributed by atoms with van der Waals surface area (Å²) in [5.41, 5.74) is -0.690. The minimum atomic E-state index is -1.27. The Morgan fingerprint density at radius 1 is 1.14 bits per heavy atom. The number of ether oxygens (including phenoxy) is 2. The van der Waals surface area contributed by atoms with Gasteiger partial charge in [0, 0.05) is 0 Å². The van der Waals surface area contributed by atoms with E-state index in [2.05, 4.69) is 5.32 Å². The molecule has 0 unspecified atom stereocenters. The highest BCUT2D eigenvalue weighted by molar-refractivity contribution is 5.84. The summed E-state index contributed by atoms with van der Waals surface area (Å²) in [7, 11) is 0. The number of carboxylic acid groups (broad SMARTS) is 1. The molecular formula is C14H25NO6. The first-order chi connectivity index (χ1) is 9.42. The first-order valence-electron chi connectivity index (χ1n) is 6.85. The van der Waals surface area contributed by atoms with E-state index < -0.39 is 35.8 Å². The molecule has 0 aromatic carbocycles. The zero-order valence-electron chi connectivity index (χ0n) is 13.4. The van der Waals surface area contributed by atoms with Gasteiger partial charge in [0.15, 0.2) is 6.10 Å². The van der Waals surface area contributed by atoms with E-state index in [4.69, 9.17) is 14.6 Å². The first-order valence-corrected chi connectivity index (χ1v) is 6.85. The molecule has 122 valence electrons. The second-order valence-corrected chi connectivity index (χ2v) is 6.25. The number of esters is 1. The molecule has 0 aliphatic heterocycles. The van der Waals surface area contributed by atoms with E-state index in [1.807, 2.05) is 13.8 Å². The number of nitrogens with one attached hydrogen (secondary N) is 1. The summed E-state index contributed by atoms with van der Waals surface area (Å²) in [6, 6.07) is -0.943. The highest BCUT2D eigenvalue weighted by atomic mass is 16.6. The fourth-order valence-electron chi connectivity index (χ4n) is 1.44. The molecule has 0 fully saturated rings. The molecule has 2 N–H and O–H groups in total. The van der Waals surface area contributed by atoms with Crippen molar-refractivity contribution < 1.29 is 29.0 Å². The Kier molecular flexibility index (Phi) is 7.18. The van der Waals surface area contributed by atoms with Gasteiger partial charge in [0.05, 0.1) is 0 Å². The number of rotatable bonds is 6. The van der Waals surface area contributed by atoms with Gasteiger partial charge >= 0.3 is 18.0 Å².